The lowest BCUT2D eigenvalue weighted by molar-refractivity contribution is 0.433. The van der Waals surface area contributed by atoms with Crippen molar-refractivity contribution in [2.75, 3.05) is 0 Å². The highest BCUT2D eigenvalue weighted by Crippen LogP contribution is 2.28. The predicted octanol–water partition coefficient (Wildman–Crippen LogP) is 3.01. The number of aromatic nitrogens is 8. The zero-order valence-corrected chi connectivity index (χ0v) is 14.7. The SMILES string of the molecule is Cc1cc(Oc2ncnc3c2cnn3-c2cccc(Cl)c2)n2ncnc2n1. The van der Waals surface area contributed by atoms with Crippen LogP contribution < -0.4 is 4.74 Å². The molecule has 4 aromatic heterocycles. The second-order valence-electron chi connectivity index (χ2n) is 5.76. The Balaban J connectivity index is 1.63. The molecular weight excluding hydrogens is 368 g/mol. The van der Waals surface area contributed by atoms with Gasteiger partial charge >= 0.3 is 0 Å². The monoisotopic (exact) mass is 378 g/mol. The maximum Gasteiger partial charge on any atom is 0.255 e. The van der Waals surface area contributed by atoms with Gasteiger partial charge in [0.2, 0.25) is 11.8 Å². The molecule has 27 heavy (non-hydrogen) atoms. The van der Waals surface area contributed by atoms with Crippen LogP contribution in [0.1, 0.15) is 5.69 Å². The third-order valence-corrected chi connectivity index (χ3v) is 4.17. The topological polar surface area (TPSA) is 95.9 Å². The summed E-state index contributed by atoms with van der Waals surface area (Å²) in [6, 6.07) is 9.12. The van der Waals surface area contributed by atoms with E-state index in [0.717, 1.165) is 11.4 Å². The van der Waals surface area contributed by atoms with Crippen LogP contribution in [0.5, 0.6) is 11.8 Å². The van der Waals surface area contributed by atoms with Crippen molar-refractivity contribution in [2.45, 2.75) is 6.92 Å². The molecule has 0 N–H and O–H groups in total. The van der Waals surface area contributed by atoms with Crippen molar-refractivity contribution in [3.05, 3.63) is 59.9 Å². The van der Waals surface area contributed by atoms with Gasteiger partial charge in [0.15, 0.2) is 5.65 Å². The van der Waals surface area contributed by atoms with Crippen molar-refractivity contribution >= 4 is 28.4 Å². The third kappa shape index (κ3) is 2.64. The van der Waals surface area contributed by atoms with Gasteiger partial charge in [0, 0.05) is 16.8 Å². The van der Waals surface area contributed by atoms with Gasteiger partial charge in [0.05, 0.1) is 11.9 Å². The van der Waals surface area contributed by atoms with E-state index < -0.39 is 0 Å². The Hall–Kier alpha value is -3.59. The molecule has 0 spiro atoms. The smallest absolute Gasteiger partial charge is 0.255 e. The Morgan fingerprint density at radius 3 is 2.85 bits per heavy atom. The van der Waals surface area contributed by atoms with Crippen LogP contribution in [-0.2, 0) is 0 Å². The predicted molar refractivity (Wildman–Crippen MR) is 97.3 cm³/mol. The van der Waals surface area contributed by atoms with Crippen LogP contribution in [0.3, 0.4) is 0 Å². The normalized spacial score (nSPS) is 11.3. The van der Waals surface area contributed by atoms with E-state index in [-0.39, 0.29) is 0 Å². The number of benzene rings is 1. The molecule has 0 aliphatic heterocycles. The van der Waals surface area contributed by atoms with Crippen molar-refractivity contribution in [1.82, 2.24) is 39.3 Å². The van der Waals surface area contributed by atoms with Gasteiger partial charge in [-0.05, 0) is 25.1 Å². The lowest BCUT2D eigenvalue weighted by Crippen LogP contribution is -2.01. The summed E-state index contributed by atoms with van der Waals surface area (Å²) in [5.74, 6) is 1.26. The highest BCUT2D eigenvalue weighted by Gasteiger charge is 2.15. The Kier molecular flexibility index (Phi) is 3.47. The molecule has 0 bridgehead atoms. The summed E-state index contributed by atoms with van der Waals surface area (Å²) in [4.78, 5) is 17.0. The summed E-state index contributed by atoms with van der Waals surface area (Å²) in [6.45, 7) is 1.86. The van der Waals surface area contributed by atoms with E-state index in [1.807, 2.05) is 25.1 Å². The third-order valence-electron chi connectivity index (χ3n) is 3.93. The van der Waals surface area contributed by atoms with Crippen LogP contribution in [0.2, 0.25) is 5.02 Å². The Morgan fingerprint density at radius 2 is 1.96 bits per heavy atom. The lowest BCUT2D eigenvalue weighted by Gasteiger charge is -2.08. The van der Waals surface area contributed by atoms with Crippen LogP contribution in [0, 0.1) is 6.92 Å². The molecule has 4 heterocycles. The van der Waals surface area contributed by atoms with Crippen LogP contribution >= 0.6 is 11.6 Å². The number of nitrogens with zero attached hydrogens (tertiary/aromatic N) is 8. The van der Waals surface area contributed by atoms with Gasteiger partial charge in [-0.25, -0.2) is 19.6 Å². The first-order valence-electron chi connectivity index (χ1n) is 7.99. The van der Waals surface area contributed by atoms with E-state index in [2.05, 4.69) is 30.1 Å². The van der Waals surface area contributed by atoms with Gasteiger partial charge < -0.3 is 4.74 Å². The molecule has 0 aliphatic carbocycles. The van der Waals surface area contributed by atoms with E-state index in [1.165, 1.54) is 17.2 Å². The van der Waals surface area contributed by atoms with Crippen molar-refractivity contribution in [3.8, 4) is 17.4 Å². The number of hydrogen-bond donors (Lipinski definition) is 0. The molecule has 5 rings (SSSR count). The molecule has 0 radical (unpaired) electrons. The standard InChI is InChI=1S/C17H11ClN8O/c1-10-5-14(26-17(24-10)21-9-23-26)27-16-13-7-22-25(15(13)19-8-20-16)12-4-2-3-11(18)6-12/h2-9H,1H3. The van der Waals surface area contributed by atoms with Crippen LogP contribution in [0.25, 0.3) is 22.5 Å². The average Bonchev–Trinajstić information content (AvgIpc) is 3.29. The van der Waals surface area contributed by atoms with Gasteiger partial charge in [0.25, 0.3) is 5.78 Å². The van der Waals surface area contributed by atoms with E-state index in [0.29, 0.717) is 33.6 Å². The molecule has 0 saturated heterocycles. The highest BCUT2D eigenvalue weighted by atomic mass is 35.5. The Morgan fingerprint density at radius 1 is 1.04 bits per heavy atom. The molecule has 0 fully saturated rings. The zero-order valence-electron chi connectivity index (χ0n) is 14.0. The van der Waals surface area contributed by atoms with E-state index in [4.69, 9.17) is 16.3 Å². The van der Waals surface area contributed by atoms with E-state index in [9.17, 15) is 0 Å². The van der Waals surface area contributed by atoms with Crippen LogP contribution in [0.15, 0.2) is 49.2 Å². The van der Waals surface area contributed by atoms with Crippen molar-refractivity contribution in [2.24, 2.45) is 0 Å². The molecule has 10 heteroatoms. The number of halogens is 1. The minimum Gasteiger partial charge on any atom is -0.420 e. The molecule has 1 aromatic carbocycles. The Labute approximate surface area is 157 Å². The zero-order chi connectivity index (χ0) is 18.4. The Bertz CT molecular complexity index is 1290. The first-order valence-corrected chi connectivity index (χ1v) is 8.37. The summed E-state index contributed by atoms with van der Waals surface area (Å²) >= 11 is 6.09. The number of hydrogen-bond acceptors (Lipinski definition) is 7. The summed E-state index contributed by atoms with van der Waals surface area (Å²) in [5, 5.41) is 9.81. The molecule has 132 valence electrons. The molecular formula is C17H11ClN8O. The van der Waals surface area contributed by atoms with Gasteiger partial charge in [-0.1, -0.05) is 17.7 Å². The van der Waals surface area contributed by atoms with Gasteiger partial charge in [-0.15, -0.1) is 0 Å². The molecule has 0 aliphatic rings. The number of fused-ring (bicyclic) bond motifs is 2. The van der Waals surface area contributed by atoms with E-state index >= 15 is 0 Å². The maximum absolute atomic E-state index is 6.09. The second kappa shape index (κ2) is 5.99. The fraction of sp³-hybridized carbons (Fsp3) is 0.0588. The van der Waals surface area contributed by atoms with E-state index in [1.54, 1.807) is 23.0 Å². The van der Waals surface area contributed by atoms with Crippen LogP contribution in [-0.4, -0.2) is 39.3 Å². The van der Waals surface area contributed by atoms with Gasteiger partial charge in [-0.2, -0.15) is 19.7 Å². The molecule has 0 unspecified atom stereocenters. The van der Waals surface area contributed by atoms with Gasteiger partial charge in [0.1, 0.15) is 18.0 Å². The van der Waals surface area contributed by atoms with Crippen molar-refractivity contribution < 1.29 is 4.74 Å². The van der Waals surface area contributed by atoms with Crippen molar-refractivity contribution in [3.63, 3.8) is 0 Å². The summed E-state index contributed by atoms with van der Waals surface area (Å²) in [5.41, 5.74) is 2.15. The first-order chi connectivity index (χ1) is 13.2. The molecule has 0 atom stereocenters. The number of ether oxygens (including phenoxy) is 1. The molecule has 0 amide bonds. The molecule has 5 aromatic rings. The summed E-state index contributed by atoms with van der Waals surface area (Å²) < 4.78 is 9.19. The average molecular weight is 379 g/mol. The minimum absolute atomic E-state index is 0.357. The number of aryl methyl sites for hydroxylation is 1. The minimum atomic E-state index is 0.357. The molecule has 0 saturated carbocycles. The lowest BCUT2D eigenvalue weighted by atomic mass is 10.3. The maximum atomic E-state index is 6.09. The molecule has 9 nitrogen and oxygen atoms in total. The van der Waals surface area contributed by atoms with Crippen molar-refractivity contribution in [1.29, 1.82) is 0 Å². The van der Waals surface area contributed by atoms with Gasteiger partial charge in [-0.3, -0.25) is 0 Å². The quantitative estimate of drug-likeness (QED) is 0.476. The van der Waals surface area contributed by atoms with Crippen LogP contribution in [0.4, 0.5) is 0 Å². The largest absolute Gasteiger partial charge is 0.420 e. The highest BCUT2D eigenvalue weighted by molar-refractivity contribution is 6.30. The number of rotatable bonds is 3. The summed E-state index contributed by atoms with van der Waals surface area (Å²) in [7, 11) is 0. The fourth-order valence-electron chi connectivity index (χ4n) is 2.77. The second-order valence-corrected chi connectivity index (χ2v) is 6.20. The summed E-state index contributed by atoms with van der Waals surface area (Å²) in [6.07, 6.45) is 4.49. The fourth-order valence-corrected chi connectivity index (χ4v) is 2.95. The first kappa shape index (κ1) is 15.6.